The average Bonchev–Trinajstić information content (AvgIpc) is 2.18. The van der Waals surface area contributed by atoms with Gasteiger partial charge in [0.25, 0.3) is 0 Å². The van der Waals surface area contributed by atoms with Crippen molar-refractivity contribution in [1.29, 1.82) is 0 Å². The van der Waals surface area contributed by atoms with Crippen molar-refractivity contribution >= 4 is 11.9 Å². The molecular weight excluding hydrogens is 166 g/mol. The van der Waals surface area contributed by atoms with Crippen molar-refractivity contribution in [2.45, 2.75) is 6.92 Å². The van der Waals surface area contributed by atoms with Gasteiger partial charge in [-0.05, 0) is 6.92 Å². The first kappa shape index (κ1) is 9.51. The van der Waals surface area contributed by atoms with E-state index < -0.39 is 0 Å². The normalized spacial score (nSPS) is 9.38. The van der Waals surface area contributed by atoms with Crippen LogP contribution in [0.3, 0.4) is 0 Å². The third kappa shape index (κ3) is 1.96. The van der Waals surface area contributed by atoms with E-state index >= 15 is 0 Å². The summed E-state index contributed by atoms with van der Waals surface area (Å²) in [6.07, 6.45) is 3.14. The van der Waals surface area contributed by atoms with Crippen LogP contribution in [-0.4, -0.2) is 23.6 Å². The summed E-state index contributed by atoms with van der Waals surface area (Å²) in [5.41, 5.74) is 0.798. The van der Waals surface area contributed by atoms with E-state index in [9.17, 15) is 0 Å². The molecule has 0 saturated heterocycles. The molecule has 0 aliphatic rings. The molecule has 0 saturated carbocycles. The maximum Gasteiger partial charge on any atom is 0.225 e. The number of nitrogens with zero attached hydrogens (tertiary/aromatic N) is 2. The second kappa shape index (κ2) is 4.45. The molecule has 13 heavy (non-hydrogen) atoms. The molecule has 4 heteroatoms. The first-order valence-electron chi connectivity index (χ1n) is 4.11. The van der Waals surface area contributed by atoms with Crippen LogP contribution in [0.1, 0.15) is 12.5 Å². The summed E-state index contributed by atoms with van der Waals surface area (Å²) in [6, 6.07) is 0. The Morgan fingerprint density at radius 3 is 2.92 bits per heavy atom. The molecule has 0 bridgehead atoms. The molecular formula is C9H13N3O. The van der Waals surface area contributed by atoms with Gasteiger partial charge in [-0.2, -0.15) is 0 Å². The predicted octanol–water partition coefficient (Wildman–Crippen LogP) is 1.56. The van der Waals surface area contributed by atoms with E-state index in [1.807, 2.05) is 6.92 Å². The van der Waals surface area contributed by atoms with Crippen LogP contribution in [0, 0.1) is 0 Å². The SMILES string of the molecule is C=Cc1c(NC)ncnc1OCC. The van der Waals surface area contributed by atoms with Crippen LogP contribution in [0.2, 0.25) is 0 Å². The van der Waals surface area contributed by atoms with Crippen LogP contribution in [0.5, 0.6) is 5.88 Å². The summed E-state index contributed by atoms with van der Waals surface area (Å²) in [7, 11) is 1.80. The monoisotopic (exact) mass is 179 g/mol. The number of nitrogens with one attached hydrogen (secondary N) is 1. The van der Waals surface area contributed by atoms with Crippen LogP contribution < -0.4 is 10.1 Å². The molecule has 70 valence electrons. The molecule has 0 fully saturated rings. The second-order valence-corrected chi connectivity index (χ2v) is 2.33. The largest absolute Gasteiger partial charge is 0.477 e. The Morgan fingerprint density at radius 2 is 2.38 bits per heavy atom. The number of rotatable bonds is 4. The number of ether oxygens (including phenoxy) is 1. The Bertz CT molecular complexity index is 299. The molecule has 0 aliphatic heterocycles. The number of anilines is 1. The second-order valence-electron chi connectivity index (χ2n) is 2.33. The molecule has 1 heterocycles. The summed E-state index contributed by atoms with van der Waals surface area (Å²) in [5, 5.41) is 2.94. The third-order valence-corrected chi connectivity index (χ3v) is 1.57. The van der Waals surface area contributed by atoms with Gasteiger partial charge in [0.1, 0.15) is 12.1 Å². The van der Waals surface area contributed by atoms with Crippen molar-refractivity contribution < 1.29 is 4.74 Å². The molecule has 1 aromatic rings. The van der Waals surface area contributed by atoms with E-state index in [0.717, 1.165) is 11.4 Å². The molecule has 0 atom stereocenters. The zero-order chi connectivity index (χ0) is 9.68. The predicted molar refractivity (Wildman–Crippen MR) is 52.8 cm³/mol. The lowest BCUT2D eigenvalue weighted by molar-refractivity contribution is 0.325. The van der Waals surface area contributed by atoms with E-state index in [1.54, 1.807) is 13.1 Å². The summed E-state index contributed by atoms with van der Waals surface area (Å²) in [6.45, 7) is 6.18. The maximum absolute atomic E-state index is 5.31. The highest BCUT2D eigenvalue weighted by molar-refractivity contribution is 5.65. The zero-order valence-corrected chi connectivity index (χ0v) is 7.87. The molecule has 1 N–H and O–H groups in total. The van der Waals surface area contributed by atoms with Gasteiger partial charge in [0.05, 0.1) is 12.2 Å². The lowest BCUT2D eigenvalue weighted by atomic mass is 10.3. The molecule has 0 amide bonds. The fourth-order valence-corrected chi connectivity index (χ4v) is 1.01. The molecule has 0 unspecified atom stereocenters. The van der Waals surface area contributed by atoms with Crippen molar-refractivity contribution in [1.82, 2.24) is 9.97 Å². The molecule has 1 rings (SSSR count). The zero-order valence-electron chi connectivity index (χ0n) is 7.87. The molecule has 0 aromatic carbocycles. The van der Waals surface area contributed by atoms with Gasteiger partial charge in [0.2, 0.25) is 5.88 Å². The highest BCUT2D eigenvalue weighted by Crippen LogP contribution is 2.22. The smallest absolute Gasteiger partial charge is 0.225 e. The van der Waals surface area contributed by atoms with Crippen LogP contribution >= 0.6 is 0 Å². The highest BCUT2D eigenvalue weighted by Gasteiger charge is 2.06. The standard InChI is InChI=1S/C9H13N3O/c1-4-7-8(10-3)11-6-12-9(7)13-5-2/h4,6H,1,5H2,2-3H3,(H,10,11,12). The summed E-state index contributed by atoms with van der Waals surface area (Å²) in [4.78, 5) is 8.04. The first-order valence-corrected chi connectivity index (χ1v) is 4.11. The van der Waals surface area contributed by atoms with Crippen molar-refractivity contribution in [2.24, 2.45) is 0 Å². The third-order valence-electron chi connectivity index (χ3n) is 1.57. The molecule has 0 radical (unpaired) electrons. The van der Waals surface area contributed by atoms with Gasteiger partial charge in [-0.3, -0.25) is 0 Å². The Kier molecular flexibility index (Phi) is 3.25. The Labute approximate surface area is 77.7 Å². The van der Waals surface area contributed by atoms with Gasteiger partial charge in [0, 0.05) is 7.05 Å². The van der Waals surface area contributed by atoms with Crippen LogP contribution in [0.4, 0.5) is 5.82 Å². The van der Waals surface area contributed by atoms with Gasteiger partial charge in [-0.25, -0.2) is 9.97 Å². The Balaban J connectivity index is 3.10. The number of hydrogen-bond donors (Lipinski definition) is 1. The van der Waals surface area contributed by atoms with Gasteiger partial charge >= 0.3 is 0 Å². The minimum atomic E-state index is 0.567. The minimum Gasteiger partial charge on any atom is -0.477 e. The molecule has 1 aromatic heterocycles. The average molecular weight is 179 g/mol. The lowest BCUT2D eigenvalue weighted by Gasteiger charge is -2.08. The van der Waals surface area contributed by atoms with Crippen molar-refractivity contribution in [2.75, 3.05) is 19.0 Å². The minimum absolute atomic E-state index is 0.567. The van der Waals surface area contributed by atoms with Crippen molar-refractivity contribution in [3.63, 3.8) is 0 Å². The fraction of sp³-hybridized carbons (Fsp3) is 0.333. The van der Waals surface area contributed by atoms with E-state index in [-0.39, 0.29) is 0 Å². The summed E-state index contributed by atoms with van der Waals surface area (Å²) in [5.74, 6) is 1.30. The number of hydrogen-bond acceptors (Lipinski definition) is 4. The van der Waals surface area contributed by atoms with Crippen LogP contribution in [0.15, 0.2) is 12.9 Å². The van der Waals surface area contributed by atoms with Crippen LogP contribution in [0.25, 0.3) is 6.08 Å². The Morgan fingerprint density at radius 1 is 1.62 bits per heavy atom. The van der Waals surface area contributed by atoms with E-state index in [1.165, 1.54) is 6.33 Å². The quantitative estimate of drug-likeness (QED) is 0.762. The van der Waals surface area contributed by atoms with Crippen molar-refractivity contribution in [3.05, 3.63) is 18.5 Å². The maximum atomic E-state index is 5.31. The molecule has 0 aliphatic carbocycles. The van der Waals surface area contributed by atoms with E-state index in [4.69, 9.17) is 4.74 Å². The summed E-state index contributed by atoms with van der Waals surface area (Å²) >= 11 is 0. The van der Waals surface area contributed by atoms with Crippen molar-refractivity contribution in [3.8, 4) is 5.88 Å². The van der Waals surface area contributed by atoms with E-state index in [0.29, 0.717) is 12.5 Å². The lowest BCUT2D eigenvalue weighted by Crippen LogP contribution is -2.02. The van der Waals surface area contributed by atoms with Gasteiger partial charge < -0.3 is 10.1 Å². The first-order chi connectivity index (χ1) is 6.33. The topological polar surface area (TPSA) is 47.0 Å². The summed E-state index contributed by atoms with van der Waals surface area (Å²) < 4.78 is 5.31. The molecule has 0 spiro atoms. The number of aromatic nitrogens is 2. The molecule has 4 nitrogen and oxygen atoms in total. The van der Waals surface area contributed by atoms with Gasteiger partial charge in [0.15, 0.2) is 0 Å². The van der Waals surface area contributed by atoms with Gasteiger partial charge in [-0.1, -0.05) is 12.7 Å². The van der Waals surface area contributed by atoms with Crippen LogP contribution in [-0.2, 0) is 0 Å². The van der Waals surface area contributed by atoms with Gasteiger partial charge in [-0.15, -0.1) is 0 Å². The fourth-order valence-electron chi connectivity index (χ4n) is 1.01. The van der Waals surface area contributed by atoms with E-state index in [2.05, 4.69) is 21.9 Å². The highest BCUT2D eigenvalue weighted by atomic mass is 16.5. The Hall–Kier alpha value is -1.58.